The lowest BCUT2D eigenvalue weighted by molar-refractivity contribution is 0.406. The number of unbranched alkanes of at least 4 members (excludes halogenated alkanes) is 1. The number of thioether (sulfide) groups is 1. The van der Waals surface area contributed by atoms with E-state index in [1.807, 2.05) is 22.9 Å². The number of hydrogen-bond acceptors (Lipinski definition) is 5. The summed E-state index contributed by atoms with van der Waals surface area (Å²) < 4.78 is 7.52. The molecule has 1 unspecified atom stereocenters. The van der Waals surface area contributed by atoms with E-state index in [1.165, 1.54) is 5.56 Å². The summed E-state index contributed by atoms with van der Waals surface area (Å²) in [6.07, 6.45) is 3.24. The molecule has 1 aromatic heterocycles. The lowest BCUT2D eigenvalue weighted by Crippen LogP contribution is -2.29. The van der Waals surface area contributed by atoms with E-state index in [0.717, 1.165) is 41.7 Å². The van der Waals surface area contributed by atoms with Gasteiger partial charge in [-0.15, -0.1) is 10.2 Å². The minimum absolute atomic E-state index is 0.204. The maximum Gasteiger partial charge on any atom is 0.210 e. The van der Waals surface area contributed by atoms with Crippen LogP contribution in [0.5, 0.6) is 5.75 Å². The average Bonchev–Trinajstić information content (AvgIpc) is 2.95. The van der Waals surface area contributed by atoms with Gasteiger partial charge in [-0.2, -0.15) is 0 Å². The van der Waals surface area contributed by atoms with Crippen molar-refractivity contribution < 1.29 is 4.74 Å². The molecule has 6 heteroatoms. The molecule has 5 nitrogen and oxygen atoms in total. The average molecular weight is 304 g/mol. The van der Waals surface area contributed by atoms with Crippen molar-refractivity contribution in [3.8, 4) is 5.75 Å². The number of ether oxygens (including phenoxy) is 1. The zero-order valence-electron chi connectivity index (χ0n) is 12.4. The van der Waals surface area contributed by atoms with Crippen LogP contribution in [-0.4, -0.2) is 27.7 Å². The van der Waals surface area contributed by atoms with Crippen molar-refractivity contribution in [3.05, 3.63) is 35.7 Å². The van der Waals surface area contributed by atoms with Crippen LogP contribution in [0.25, 0.3) is 0 Å². The van der Waals surface area contributed by atoms with Crippen molar-refractivity contribution in [2.75, 3.05) is 18.3 Å². The highest BCUT2D eigenvalue weighted by molar-refractivity contribution is 7.99. The zero-order valence-corrected chi connectivity index (χ0v) is 13.2. The second kappa shape index (κ2) is 6.39. The summed E-state index contributed by atoms with van der Waals surface area (Å²) in [7, 11) is 1.71. The fraction of sp³-hybridized carbons (Fsp3) is 0.467. The Kier molecular flexibility index (Phi) is 4.34. The number of rotatable bonds is 5. The van der Waals surface area contributed by atoms with Crippen molar-refractivity contribution in [1.29, 1.82) is 0 Å². The van der Waals surface area contributed by atoms with Crippen LogP contribution < -0.4 is 10.2 Å². The van der Waals surface area contributed by atoms with Crippen LogP contribution in [-0.2, 0) is 6.42 Å². The van der Waals surface area contributed by atoms with Crippen molar-refractivity contribution in [3.63, 3.8) is 0 Å². The molecule has 1 N–H and O–H groups in total. The molecule has 2 aromatic rings. The Bertz CT molecular complexity index is 613. The highest BCUT2D eigenvalue weighted by atomic mass is 32.2. The van der Waals surface area contributed by atoms with Crippen LogP contribution in [0.15, 0.2) is 29.4 Å². The second-order valence-corrected chi connectivity index (χ2v) is 6.06. The van der Waals surface area contributed by atoms with Gasteiger partial charge in [0.1, 0.15) is 5.75 Å². The minimum Gasteiger partial charge on any atom is -0.496 e. The lowest BCUT2D eigenvalue weighted by atomic mass is 10.1. The summed E-state index contributed by atoms with van der Waals surface area (Å²) in [4.78, 5) is 0. The lowest BCUT2D eigenvalue weighted by Gasteiger charge is -2.27. The first-order valence-electron chi connectivity index (χ1n) is 7.30. The van der Waals surface area contributed by atoms with Gasteiger partial charge >= 0.3 is 0 Å². The SMILES string of the molecule is CCCCc1nnc2n1NC(c1ccccc1OC)CS2. The Morgan fingerprint density at radius 1 is 1.38 bits per heavy atom. The largest absolute Gasteiger partial charge is 0.496 e. The molecule has 112 valence electrons. The third-order valence-electron chi connectivity index (χ3n) is 3.63. The van der Waals surface area contributed by atoms with Crippen LogP contribution in [0.2, 0.25) is 0 Å². The molecule has 0 saturated heterocycles. The number of aryl methyl sites for hydroxylation is 1. The normalized spacial score (nSPS) is 17.1. The van der Waals surface area contributed by atoms with Crippen molar-refractivity contribution in [2.45, 2.75) is 37.4 Å². The quantitative estimate of drug-likeness (QED) is 0.920. The van der Waals surface area contributed by atoms with E-state index in [9.17, 15) is 0 Å². The highest BCUT2D eigenvalue weighted by Crippen LogP contribution is 2.34. The molecule has 0 bridgehead atoms. The third-order valence-corrected chi connectivity index (χ3v) is 4.66. The van der Waals surface area contributed by atoms with Gasteiger partial charge in [0, 0.05) is 17.7 Å². The van der Waals surface area contributed by atoms with E-state index in [-0.39, 0.29) is 6.04 Å². The third kappa shape index (κ3) is 2.85. The first-order valence-corrected chi connectivity index (χ1v) is 8.28. The van der Waals surface area contributed by atoms with E-state index in [2.05, 4.69) is 28.6 Å². The fourth-order valence-corrected chi connectivity index (χ4v) is 3.44. The molecule has 21 heavy (non-hydrogen) atoms. The van der Waals surface area contributed by atoms with Crippen molar-refractivity contribution in [2.24, 2.45) is 0 Å². The van der Waals surface area contributed by atoms with E-state index in [0.29, 0.717) is 0 Å². The molecule has 0 amide bonds. The fourth-order valence-electron chi connectivity index (χ4n) is 2.48. The van der Waals surface area contributed by atoms with Crippen molar-refractivity contribution in [1.82, 2.24) is 14.9 Å². The molecule has 1 aromatic carbocycles. The molecule has 1 aliphatic heterocycles. The van der Waals surface area contributed by atoms with Gasteiger partial charge in [0.25, 0.3) is 0 Å². The number of benzene rings is 1. The molecule has 0 saturated carbocycles. The van der Waals surface area contributed by atoms with Gasteiger partial charge in [0.15, 0.2) is 5.82 Å². The van der Waals surface area contributed by atoms with Crippen LogP contribution in [0.1, 0.15) is 37.2 Å². The summed E-state index contributed by atoms with van der Waals surface area (Å²) in [6.45, 7) is 2.19. The molecule has 0 aliphatic carbocycles. The van der Waals surface area contributed by atoms with Crippen LogP contribution >= 0.6 is 11.8 Å². The maximum atomic E-state index is 5.47. The monoisotopic (exact) mass is 304 g/mol. The first-order chi connectivity index (χ1) is 10.3. The molecule has 3 rings (SSSR count). The number of methoxy groups -OCH3 is 1. The van der Waals surface area contributed by atoms with E-state index in [1.54, 1.807) is 18.9 Å². The van der Waals surface area contributed by atoms with Crippen LogP contribution in [0.3, 0.4) is 0 Å². The summed E-state index contributed by atoms with van der Waals surface area (Å²) in [5.74, 6) is 2.85. The second-order valence-electron chi connectivity index (χ2n) is 5.07. The number of aromatic nitrogens is 3. The molecule has 0 fully saturated rings. The number of hydrogen-bond donors (Lipinski definition) is 1. The molecular formula is C15H20N4OS. The van der Waals surface area contributed by atoms with Gasteiger partial charge in [-0.05, 0) is 12.5 Å². The standard InChI is InChI=1S/C15H20N4OS/c1-3-4-9-14-16-17-15-19(14)18-12(10-21-15)11-7-5-6-8-13(11)20-2/h5-8,12,18H,3-4,9-10H2,1-2H3. The molecule has 1 aliphatic rings. The topological polar surface area (TPSA) is 52.0 Å². The van der Waals surface area contributed by atoms with Crippen LogP contribution in [0.4, 0.5) is 0 Å². The number of para-hydroxylation sites is 1. The van der Waals surface area contributed by atoms with Gasteiger partial charge in [-0.25, -0.2) is 4.68 Å². The van der Waals surface area contributed by atoms with E-state index in [4.69, 9.17) is 4.74 Å². The smallest absolute Gasteiger partial charge is 0.210 e. The molecule has 0 spiro atoms. The summed E-state index contributed by atoms with van der Waals surface area (Å²) in [5.41, 5.74) is 4.71. The van der Waals surface area contributed by atoms with Gasteiger partial charge in [-0.3, -0.25) is 0 Å². The number of fused-ring (bicyclic) bond motifs is 1. The Hall–Kier alpha value is -1.69. The molecule has 0 radical (unpaired) electrons. The molecule has 1 atom stereocenters. The predicted octanol–water partition coefficient (Wildman–Crippen LogP) is 3.02. The maximum absolute atomic E-state index is 5.47. The van der Waals surface area contributed by atoms with Gasteiger partial charge in [0.2, 0.25) is 5.16 Å². The zero-order chi connectivity index (χ0) is 14.7. The van der Waals surface area contributed by atoms with E-state index >= 15 is 0 Å². The molecule has 2 heterocycles. The summed E-state index contributed by atoms with van der Waals surface area (Å²) in [5, 5.41) is 9.52. The van der Waals surface area contributed by atoms with Crippen LogP contribution in [0, 0.1) is 0 Å². The number of nitrogens with one attached hydrogen (secondary N) is 1. The Labute approximate surface area is 129 Å². The number of nitrogens with zero attached hydrogens (tertiary/aromatic N) is 3. The summed E-state index contributed by atoms with van der Waals surface area (Å²) >= 11 is 1.74. The van der Waals surface area contributed by atoms with Crippen molar-refractivity contribution >= 4 is 11.8 Å². The minimum atomic E-state index is 0.204. The Balaban J connectivity index is 1.84. The van der Waals surface area contributed by atoms with Gasteiger partial charge in [0.05, 0.1) is 13.2 Å². The Morgan fingerprint density at radius 3 is 3.05 bits per heavy atom. The van der Waals surface area contributed by atoms with Gasteiger partial charge < -0.3 is 10.2 Å². The molecular weight excluding hydrogens is 284 g/mol. The highest BCUT2D eigenvalue weighted by Gasteiger charge is 2.25. The predicted molar refractivity (Wildman–Crippen MR) is 84.5 cm³/mol. The van der Waals surface area contributed by atoms with Gasteiger partial charge in [-0.1, -0.05) is 43.3 Å². The van der Waals surface area contributed by atoms with E-state index < -0.39 is 0 Å². The first kappa shape index (κ1) is 14.3. The summed E-state index contributed by atoms with van der Waals surface area (Å²) in [6, 6.07) is 8.36. The Morgan fingerprint density at radius 2 is 2.24 bits per heavy atom.